The van der Waals surface area contributed by atoms with Crippen molar-refractivity contribution in [3.8, 4) is 22.5 Å². The summed E-state index contributed by atoms with van der Waals surface area (Å²) in [5.41, 5.74) is 0.851. The van der Waals surface area contributed by atoms with Gasteiger partial charge < -0.3 is 24.5 Å². The minimum absolute atomic E-state index is 0.0795. The van der Waals surface area contributed by atoms with Gasteiger partial charge in [-0.1, -0.05) is 17.7 Å². The van der Waals surface area contributed by atoms with Gasteiger partial charge >= 0.3 is 12.3 Å². The van der Waals surface area contributed by atoms with Crippen molar-refractivity contribution in [2.24, 2.45) is 12.5 Å². The van der Waals surface area contributed by atoms with Gasteiger partial charge in [0.2, 0.25) is 5.91 Å². The smallest absolute Gasteiger partial charge is 0.407 e. The molecule has 46 heavy (non-hydrogen) atoms. The van der Waals surface area contributed by atoms with E-state index in [1.165, 1.54) is 6.07 Å². The molecule has 0 aliphatic heterocycles. The summed E-state index contributed by atoms with van der Waals surface area (Å²) in [7, 11) is 1.79. The highest BCUT2D eigenvalue weighted by atomic mass is 35.5. The van der Waals surface area contributed by atoms with E-state index in [1.807, 2.05) is 13.8 Å². The van der Waals surface area contributed by atoms with Crippen molar-refractivity contribution in [2.45, 2.75) is 51.4 Å². The van der Waals surface area contributed by atoms with Crippen molar-refractivity contribution in [3.05, 3.63) is 88.1 Å². The van der Waals surface area contributed by atoms with Crippen LogP contribution in [0.3, 0.4) is 0 Å². The number of ether oxygens (including phenoxy) is 1. The lowest BCUT2D eigenvalue weighted by molar-refractivity contribution is -0.196. The molecule has 1 atom stereocenters. The van der Waals surface area contributed by atoms with Crippen molar-refractivity contribution in [1.82, 2.24) is 24.6 Å². The maximum absolute atomic E-state index is 13.5. The maximum atomic E-state index is 13.5. The third-order valence-electron chi connectivity index (χ3n) is 7.96. The molecule has 1 aliphatic carbocycles. The number of amides is 2. The number of aromatic nitrogens is 4. The number of hydrogen-bond donors (Lipinski definition) is 2. The summed E-state index contributed by atoms with van der Waals surface area (Å²) in [4.78, 5) is 38.6. The second kappa shape index (κ2) is 13.0. The van der Waals surface area contributed by atoms with E-state index >= 15 is 0 Å². The SMILES string of the molecule is CC(C)n1cc(-c2ccc(Cl)c(CC(NC(=O)OCC3(C(F)(F)F)CC3)C(=O)Nc3ccc(-c4nncn4C)cc3)c2)ccc1=O. The van der Waals surface area contributed by atoms with E-state index in [9.17, 15) is 27.6 Å². The van der Waals surface area contributed by atoms with Gasteiger partial charge in [-0.05, 0) is 85.8 Å². The maximum Gasteiger partial charge on any atom is 0.407 e. The Hall–Kier alpha value is -4.65. The number of aryl methyl sites for hydroxylation is 1. The van der Waals surface area contributed by atoms with Crippen LogP contribution in [-0.4, -0.2) is 50.2 Å². The molecular formula is C32H32ClF3N6O4. The molecular weight excluding hydrogens is 625 g/mol. The molecule has 5 rings (SSSR count). The molecule has 242 valence electrons. The minimum Gasteiger partial charge on any atom is -0.449 e. The molecule has 14 heteroatoms. The zero-order valence-electron chi connectivity index (χ0n) is 25.3. The van der Waals surface area contributed by atoms with Gasteiger partial charge in [-0.15, -0.1) is 10.2 Å². The van der Waals surface area contributed by atoms with Gasteiger partial charge in [0.15, 0.2) is 5.82 Å². The normalized spacial score (nSPS) is 14.5. The van der Waals surface area contributed by atoms with Crippen molar-refractivity contribution >= 4 is 29.3 Å². The Morgan fingerprint density at radius 3 is 2.33 bits per heavy atom. The van der Waals surface area contributed by atoms with Crippen LogP contribution in [0.15, 0.2) is 71.9 Å². The molecule has 0 saturated heterocycles. The van der Waals surface area contributed by atoms with Crippen molar-refractivity contribution < 1.29 is 27.5 Å². The number of rotatable bonds is 10. The number of carbonyl (C=O) groups excluding carboxylic acids is 2. The van der Waals surface area contributed by atoms with Crippen molar-refractivity contribution in [2.75, 3.05) is 11.9 Å². The number of nitrogens with zero attached hydrogens (tertiary/aromatic N) is 4. The number of carbonyl (C=O) groups is 2. The number of halogens is 4. The fourth-order valence-electron chi connectivity index (χ4n) is 4.94. The predicted molar refractivity (Wildman–Crippen MR) is 166 cm³/mol. The zero-order valence-corrected chi connectivity index (χ0v) is 26.0. The third-order valence-corrected chi connectivity index (χ3v) is 8.33. The summed E-state index contributed by atoms with van der Waals surface area (Å²) >= 11 is 6.53. The van der Waals surface area contributed by atoms with E-state index < -0.39 is 36.2 Å². The molecule has 2 N–H and O–H groups in total. The fourth-order valence-corrected chi connectivity index (χ4v) is 5.14. The fraction of sp³-hybridized carbons (Fsp3) is 0.344. The van der Waals surface area contributed by atoms with Crippen molar-refractivity contribution in [1.29, 1.82) is 0 Å². The Balaban J connectivity index is 1.38. The van der Waals surface area contributed by atoms with E-state index in [0.29, 0.717) is 27.7 Å². The molecule has 2 aromatic heterocycles. The minimum atomic E-state index is -4.51. The van der Waals surface area contributed by atoms with E-state index in [0.717, 1.165) is 11.1 Å². The van der Waals surface area contributed by atoms with Gasteiger partial charge in [0.25, 0.3) is 5.56 Å². The highest BCUT2D eigenvalue weighted by molar-refractivity contribution is 6.31. The summed E-state index contributed by atoms with van der Waals surface area (Å²) in [5, 5.41) is 13.4. The molecule has 0 radical (unpaired) electrons. The summed E-state index contributed by atoms with van der Waals surface area (Å²) < 4.78 is 48.5. The van der Waals surface area contributed by atoms with Crippen LogP contribution in [0.4, 0.5) is 23.7 Å². The molecule has 2 aromatic carbocycles. The molecule has 1 fully saturated rings. The number of alkyl carbamates (subject to hydrolysis) is 1. The van der Waals surface area contributed by atoms with E-state index in [4.69, 9.17) is 16.3 Å². The van der Waals surface area contributed by atoms with Gasteiger partial charge in [0.1, 0.15) is 24.4 Å². The highest BCUT2D eigenvalue weighted by Gasteiger charge is 2.64. The van der Waals surface area contributed by atoms with Crippen LogP contribution < -0.4 is 16.2 Å². The van der Waals surface area contributed by atoms with Crippen LogP contribution in [0, 0.1) is 5.41 Å². The molecule has 1 unspecified atom stereocenters. The first kappa shape index (κ1) is 32.7. The first-order valence-electron chi connectivity index (χ1n) is 14.5. The number of hydrogen-bond acceptors (Lipinski definition) is 6. The highest BCUT2D eigenvalue weighted by Crippen LogP contribution is 2.57. The summed E-state index contributed by atoms with van der Waals surface area (Å²) in [5.74, 6) is -0.0269. The molecule has 0 bridgehead atoms. The van der Waals surface area contributed by atoms with Crippen LogP contribution in [0.25, 0.3) is 22.5 Å². The molecule has 4 aromatic rings. The van der Waals surface area contributed by atoms with E-state index in [-0.39, 0.29) is 30.9 Å². The molecule has 1 aliphatic rings. The number of nitrogens with one attached hydrogen (secondary N) is 2. The second-order valence-corrected chi connectivity index (χ2v) is 12.1. The molecule has 0 spiro atoms. The Kier molecular flexibility index (Phi) is 9.24. The lowest BCUT2D eigenvalue weighted by Gasteiger charge is -2.22. The Labute approximate surface area is 267 Å². The molecule has 1 saturated carbocycles. The molecule has 10 nitrogen and oxygen atoms in total. The van der Waals surface area contributed by atoms with E-state index in [2.05, 4.69) is 20.8 Å². The lowest BCUT2D eigenvalue weighted by Crippen LogP contribution is -2.46. The van der Waals surface area contributed by atoms with Crippen LogP contribution in [0.2, 0.25) is 5.02 Å². The average Bonchev–Trinajstić information content (AvgIpc) is 3.71. The van der Waals surface area contributed by atoms with Crippen LogP contribution in [-0.2, 0) is 23.0 Å². The van der Waals surface area contributed by atoms with Crippen molar-refractivity contribution in [3.63, 3.8) is 0 Å². The van der Waals surface area contributed by atoms with Crippen LogP contribution >= 0.6 is 11.6 Å². The number of benzene rings is 2. The lowest BCUT2D eigenvalue weighted by atomic mass is 9.99. The topological polar surface area (TPSA) is 120 Å². The Bertz CT molecular complexity index is 1800. The largest absolute Gasteiger partial charge is 0.449 e. The van der Waals surface area contributed by atoms with Crippen LogP contribution in [0.5, 0.6) is 0 Å². The monoisotopic (exact) mass is 656 g/mol. The quantitative estimate of drug-likeness (QED) is 0.211. The van der Waals surface area contributed by atoms with Gasteiger partial charge in [-0.25, -0.2) is 4.79 Å². The van der Waals surface area contributed by atoms with Gasteiger partial charge in [0.05, 0.1) is 0 Å². The van der Waals surface area contributed by atoms with Gasteiger partial charge in [-0.2, -0.15) is 13.2 Å². The summed E-state index contributed by atoms with van der Waals surface area (Å²) in [6.07, 6.45) is -2.77. The van der Waals surface area contributed by atoms with E-state index in [1.54, 1.807) is 77.2 Å². The van der Waals surface area contributed by atoms with Crippen LogP contribution in [0.1, 0.15) is 38.3 Å². The first-order chi connectivity index (χ1) is 21.8. The zero-order chi connectivity index (χ0) is 33.2. The molecule has 2 heterocycles. The summed E-state index contributed by atoms with van der Waals surface area (Å²) in [6.45, 7) is 2.92. The summed E-state index contributed by atoms with van der Waals surface area (Å²) in [6, 6.07) is 13.7. The standard InChI is InChI=1S/C32H32ClF3N6O4/c1-19(2)42-16-22(7-11-27(42)43)21-6-10-25(33)23(14-21)15-26(39-30(45)46-17-31(12-13-31)32(34,35)36)29(44)38-24-8-4-20(5-9-24)28-40-37-18-41(28)3/h4-11,14,16,18-19,26H,12-13,15,17H2,1-3H3,(H,38,44)(H,39,45). The molecule has 2 amide bonds. The average molecular weight is 657 g/mol. The Morgan fingerprint density at radius 1 is 1.04 bits per heavy atom. The van der Waals surface area contributed by atoms with Gasteiger partial charge in [-0.3, -0.25) is 9.59 Å². The number of alkyl halides is 3. The number of anilines is 1. The first-order valence-corrected chi connectivity index (χ1v) is 14.9. The Morgan fingerprint density at radius 2 is 1.72 bits per heavy atom. The van der Waals surface area contributed by atoms with Gasteiger partial charge in [0, 0.05) is 48.0 Å². The predicted octanol–water partition coefficient (Wildman–Crippen LogP) is 6.16. The second-order valence-electron chi connectivity index (χ2n) is 11.7. The third kappa shape index (κ3) is 7.25. The number of pyridine rings is 1.